The van der Waals surface area contributed by atoms with E-state index in [2.05, 4.69) is 17.2 Å². The quantitative estimate of drug-likeness (QED) is 0.527. The first kappa shape index (κ1) is 20.6. The molecule has 0 unspecified atom stereocenters. The monoisotopic (exact) mass is 414 g/mol. The van der Waals surface area contributed by atoms with Gasteiger partial charge in [0.1, 0.15) is 18.1 Å². The number of nitrogens with zero attached hydrogens (tertiary/aromatic N) is 1. The van der Waals surface area contributed by atoms with Gasteiger partial charge in [-0.05, 0) is 43.2 Å². The van der Waals surface area contributed by atoms with Crippen LogP contribution < -0.4 is 10.1 Å². The number of benzene rings is 1. The molecule has 7 nitrogen and oxygen atoms in total. The van der Waals surface area contributed by atoms with Crippen LogP contribution in [0.3, 0.4) is 0 Å². The van der Waals surface area contributed by atoms with E-state index < -0.39 is 5.91 Å². The Morgan fingerprint density at radius 2 is 1.93 bits per heavy atom. The second-order valence-corrected chi connectivity index (χ2v) is 6.99. The lowest BCUT2D eigenvalue weighted by molar-refractivity contribution is -0.142. The molecule has 0 aliphatic carbocycles. The summed E-state index contributed by atoms with van der Waals surface area (Å²) in [5.74, 6) is 0.668. The van der Waals surface area contributed by atoms with Crippen molar-refractivity contribution in [2.45, 2.75) is 33.3 Å². The molecule has 8 heteroatoms. The van der Waals surface area contributed by atoms with Gasteiger partial charge in [-0.2, -0.15) is 0 Å². The van der Waals surface area contributed by atoms with Crippen LogP contribution in [0.1, 0.15) is 41.4 Å². The number of carbonyl (C=O) groups excluding carboxylic acids is 2. The minimum atomic E-state index is -0.416. The van der Waals surface area contributed by atoms with E-state index in [4.69, 9.17) is 13.9 Å². The second-order valence-electron chi connectivity index (χ2n) is 6.13. The summed E-state index contributed by atoms with van der Waals surface area (Å²) in [6, 6.07) is 11.1. The molecule has 1 N–H and O–H groups in total. The second kappa shape index (κ2) is 9.88. The van der Waals surface area contributed by atoms with Crippen molar-refractivity contribution < 1.29 is 23.5 Å². The van der Waals surface area contributed by atoms with Crippen molar-refractivity contribution in [3.8, 4) is 5.75 Å². The van der Waals surface area contributed by atoms with Crippen molar-refractivity contribution in [3.05, 3.63) is 64.6 Å². The molecule has 0 bridgehead atoms. The van der Waals surface area contributed by atoms with Gasteiger partial charge in [0.25, 0.3) is 5.91 Å². The third-order valence-corrected chi connectivity index (χ3v) is 4.81. The lowest BCUT2D eigenvalue weighted by Gasteiger charge is -2.05. The van der Waals surface area contributed by atoms with Crippen molar-refractivity contribution >= 4 is 28.3 Å². The third kappa shape index (κ3) is 5.92. The molecule has 3 aromatic rings. The first-order valence-electron chi connectivity index (χ1n) is 9.29. The zero-order chi connectivity index (χ0) is 20.6. The number of hydrogen-bond donors (Lipinski definition) is 1. The third-order valence-electron chi connectivity index (χ3n) is 4.00. The van der Waals surface area contributed by atoms with Crippen molar-refractivity contribution in [1.29, 1.82) is 0 Å². The van der Waals surface area contributed by atoms with Crippen molar-refractivity contribution in [2.24, 2.45) is 0 Å². The maximum Gasteiger partial charge on any atom is 0.311 e. The summed E-state index contributed by atoms with van der Waals surface area (Å²) in [5.41, 5.74) is 1.79. The minimum Gasteiger partial charge on any atom is -0.486 e. The van der Waals surface area contributed by atoms with E-state index in [1.165, 1.54) is 16.9 Å². The summed E-state index contributed by atoms with van der Waals surface area (Å²) in [4.78, 5) is 28.0. The number of aryl methyl sites for hydroxylation is 1. The number of hydrogen-bond acceptors (Lipinski definition) is 7. The number of furan rings is 1. The van der Waals surface area contributed by atoms with E-state index in [-0.39, 0.29) is 24.8 Å². The lowest BCUT2D eigenvalue weighted by atomic mass is 10.2. The van der Waals surface area contributed by atoms with Gasteiger partial charge in [0, 0.05) is 5.38 Å². The van der Waals surface area contributed by atoms with Crippen molar-refractivity contribution in [1.82, 2.24) is 4.98 Å². The SMILES string of the molecule is CCOC(=O)Cc1csc(NC(=O)c2ccc(COc3ccc(CC)cc3)o2)n1. The molecular weight excluding hydrogens is 392 g/mol. The lowest BCUT2D eigenvalue weighted by Crippen LogP contribution is -2.11. The van der Waals surface area contributed by atoms with Gasteiger partial charge in [0.2, 0.25) is 0 Å². The number of aromatic nitrogens is 1. The fourth-order valence-electron chi connectivity index (χ4n) is 2.52. The summed E-state index contributed by atoms with van der Waals surface area (Å²) in [7, 11) is 0. The highest BCUT2D eigenvalue weighted by Gasteiger charge is 2.15. The molecule has 1 amide bonds. The Morgan fingerprint density at radius 3 is 2.66 bits per heavy atom. The van der Waals surface area contributed by atoms with Gasteiger partial charge in [0.05, 0.1) is 18.7 Å². The van der Waals surface area contributed by atoms with E-state index in [1.807, 2.05) is 24.3 Å². The molecule has 2 aromatic heterocycles. The van der Waals surface area contributed by atoms with Gasteiger partial charge >= 0.3 is 5.97 Å². The van der Waals surface area contributed by atoms with Crippen LogP contribution in [0.25, 0.3) is 0 Å². The number of anilines is 1. The van der Waals surface area contributed by atoms with E-state index >= 15 is 0 Å². The Kier molecular flexibility index (Phi) is 7.02. The van der Waals surface area contributed by atoms with Crippen LogP contribution in [0.5, 0.6) is 5.75 Å². The smallest absolute Gasteiger partial charge is 0.311 e. The molecule has 0 spiro atoms. The van der Waals surface area contributed by atoms with Crippen molar-refractivity contribution in [3.63, 3.8) is 0 Å². The fourth-order valence-corrected chi connectivity index (χ4v) is 3.22. The van der Waals surface area contributed by atoms with E-state index in [0.717, 1.165) is 12.2 Å². The number of esters is 1. The van der Waals surface area contributed by atoms with Crippen molar-refractivity contribution in [2.75, 3.05) is 11.9 Å². The molecule has 1 aromatic carbocycles. The van der Waals surface area contributed by atoms with E-state index in [9.17, 15) is 9.59 Å². The van der Waals surface area contributed by atoms with Crippen LogP contribution >= 0.6 is 11.3 Å². The zero-order valence-electron chi connectivity index (χ0n) is 16.3. The number of rotatable bonds is 9. The van der Waals surface area contributed by atoms with Gasteiger partial charge in [-0.1, -0.05) is 19.1 Å². The summed E-state index contributed by atoms with van der Waals surface area (Å²) in [6.45, 7) is 4.38. The standard InChI is InChI=1S/C21H22N2O5S/c1-3-14-5-7-16(8-6-14)27-12-17-9-10-18(28-17)20(25)23-21-22-15(13-29-21)11-19(24)26-4-2/h5-10,13H,3-4,11-12H2,1-2H3,(H,22,23,25). The van der Waals surface area contributed by atoms with Crippen LogP contribution in [0.4, 0.5) is 5.13 Å². The summed E-state index contributed by atoms with van der Waals surface area (Å²) in [6.07, 6.45) is 1.04. The predicted molar refractivity (Wildman–Crippen MR) is 109 cm³/mol. The molecule has 0 saturated carbocycles. The van der Waals surface area contributed by atoms with Gasteiger partial charge in [0.15, 0.2) is 10.9 Å². The molecule has 0 radical (unpaired) electrons. The molecule has 0 fully saturated rings. The Labute approximate surface area is 172 Å². The molecule has 2 heterocycles. The Bertz CT molecular complexity index is 962. The normalized spacial score (nSPS) is 10.6. The number of nitrogens with one attached hydrogen (secondary N) is 1. The van der Waals surface area contributed by atoms with E-state index in [1.54, 1.807) is 24.4 Å². The maximum atomic E-state index is 12.3. The minimum absolute atomic E-state index is 0.0711. The highest BCUT2D eigenvalue weighted by atomic mass is 32.1. The average Bonchev–Trinajstić information content (AvgIpc) is 3.36. The largest absolute Gasteiger partial charge is 0.486 e. The molecular formula is C21H22N2O5S. The highest BCUT2D eigenvalue weighted by molar-refractivity contribution is 7.14. The number of amides is 1. The fraction of sp³-hybridized carbons (Fsp3) is 0.286. The number of thiazole rings is 1. The molecule has 3 rings (SSSR count). The Balaban J connectivity index is 1.52. The Hall–Kier alpha value is -3.13. The van der Waals surface area contributed by atoms with Crippen LogP contribution in [0.15, 0.2) is 46.2 Å². The van der Waals surface area contributed by atoms with Crippen LogP contribution in [0, 0.1) is 0 Å². The summed E-state index contributed by atoms with van der Waals surface area (Å²) < 4.78 is 16.1. The molecule has 0 atom stereocenters. The van der Waals surface area contributed by atoms with Crippen LogP contribution in [-0.2, 0) is 29.0 Å². The van der Waals surface area contributed by atoms with Gasteiger partial charge < -0.3 is 13.9 Å². The zero-order valence-corrected chi connectivity index (χ0v) is 17.1. The predicted octanol–water partition coefficient (Wildman–Crippen LogP) is 4.24. The first-order chi connectivity index (χ1) is 14.1. The highest BCUT2D eigenvalue weighted by Crippen LogP contribution is 2.19. The first-order valence-corrected chi connectivity index (χ1v) is 10.2. The van der Waals surface area contributed by atoms with Gasteiger partial charge in [-0.15, -0.1) is 11.3 Å². The van der Waals surface area contributed by atoms with Crippen LogP contribution in [0.2, 0.25) is 0 Å². The molecule has 0 aliphatic heterocycles. The number of carbonyl (C=O) groups is 2. The summed E-state index contributed by atoms with van der Waals surface area (Å²) in [5, 5.41) is 4.76. The average molecular weight is 414 g/mol. The van der Waals surface area contributed by atoms with Gasteiger partial charge in [-0.3, -0.25) is 14.9 Å². The topological polar surface area (TPSA) is 90.7 Å². The molecule has 0 saturated heterocycles. The Morgan fingerprint density at radius 1 is 1.14 bits per heavy atom. The van der Waals surface area contributed by atoms with Gasteiger partial charge in [-0.25, -0.2) is 4.98 Å². The molecule has 0 aliphatic rings. The molecule has 152 valence electrons. The van der Waals surface area contributed by atoms with Crippen LogP contribution in [-0.4, -0.2) is 23.5 Å². The summed E-state index contributed by atoms with van der Waals surface area (Å²) >= 11 is 1.23. The van der Waals surface area contributed by atoms with E-state index in [0.29, 0.717) is 23.2 Å². The maximum absolute atomic E-state index is 12.3. The number of ether oxygens (including phenoxy) is 2. The molecule has 29 heavy (non-hydrogen) atoms.